The lowest BCUT2D eigenvalue weighted by Gasteiger charge is -2.47. The first-order valence-electron chi connectivity index (χ1n) is 8.58. The summed E-state index contributed by atoms with van der Waals surface area (Å²) < 4.78 is 11.8. The van der Waals surface area contributed by atoms with Crippen LogP contribution in [0.25, 0.3) is 23.5 Å². The van der Waals surface area contributed by atoms with Gasteiger partial charge in [0, 0.05) is 18.1 Å². The largest absolute Gasteiger partial charge is 0.507 e. The van der Waals surface area contributed by atoms with Crippen LogP contribution in [0.4, 0.5) is 0 Å². The van der Waals surface area contributed by atoms with E-state index in [1.807, 2.05) is 30.4 Å². The van der Waals surface area contributed by atoms with E-state index in [2.05, 4.69) is 0 Å². The van der Waals surface area contributed by atoms with E-state index in [1.54, 1.807) is 6.08 Å². The molecule has 0 radical (unpaired) electrons. The minimum absolute atomic E-state index is 0.304. The molecule has 24 heavy (non-hydrogen) atoms. The zero-order valence-electron chi connectivity index (χ0n) is 13.4. The van der Waals surface area contributed by atoms with Gasteiger partial charge in [0.2, 0.25) is 0 Å². The molecule has 1 aromatic rings. The van der Waals surface area contributed by atoms with Gasteiger partial charge in [-0.25, -0.2) is 0 Å². The van der Waals surface area contributed by atoms with Crippen molar-refractivity contribution in [2.75, 3.05) is 13.2 Å². The maximum Gasteiger partial charge on any atom is 0.171 e. The van der Waals surface area contributed by atoms with Gasteiger partial charge in [0.05, 0.1) is 13.2 Å². The zero-order valence-corrected chi connectivity index (χ0v) is 13.4. The molecule has 1 atom stereocenters. The third-order valence-corrected chi connectivity index (χ3v) is 5.66. The summed E-state index contributed by atoms with van der Waals surface area (Å²) in [5.41, 5.74) is 2.12. The first-order valence-corrected chi connectivity index (χ1v) is 8.58. The van der Waals surface area contributed by atoms with Crippen LogP contribution in [0, 0.1) is 0 Å². The Morgan fingerprint density at radius 2 is 1.71 bits per heavy atom. The van der Waals surface area contributed by atoms with Gasteiger partial charge in [0.25, 0.3) is 0 Å². The number of hydrogen-bond acceptors (Lipinski definition) is 4. The van der Waals surface area contributed by atoms with Crippen molar-refractivity contribution >= 4 is 23.5 Å². The van der Waals surface area contributed by atoms with Crippen LogP contribution in [-0.2, 0) is 9.47 Å². The highest BCUT2D eigenvalue weighted by Crippen LogP contribution is 2.45. The predicted molar refractivity (Wildman–Crippen MR) is 91.3 cm³/mol. The Labute approximate surface area is 140 Å². The molecule has 1 unspecified atom stereocenters. The minimum atomic E-state index is -1.02. The summed E-state index contributed by atoms with van der Waals surface area (Å²) in [5, 5.41) is 23.2. The number of hydrogen-bond donors (Lipinski definition) is 2. The van der Waals surface area contributed by atoms with Crippen LogP contribution in [0.15, 0.2) is 24.3 Å². The molecule has 5 rings (SSSR count). The SMILES string of the molecule is OC1=c2ccc3c(c2C=C1)C=CC1(O)CC2(CCC=31)OCCCO2. The molecule has 1 heterocycles. The van der Waals surface area contributed by atoms with Gasteiger partial charge in [-0.05, 0) is 53.0 Å². The Morgan fingerprint density at radius 3 is 2.54 bits per heavy atom. The zero-order chi connectivity index (χ0) is 16.4. The van der Waals surface area contributed by atoms with Crippen molar-refractivity contribution in [3.63, 3.8) is 0 Å². The van der Waals surface area contributed by atoms with Crippen molar-refractivity contribution in [2.24, 2.45) is 0 Å². The number of ether oxygens (including phenoxy) is 2. The molecule has 124 valence electrons. The molecule has 2 N–H and O–H groups in total. The number of aliphatic hydroxyl groups is 2. The van der Waals surface area contributed by atoms with Crippen molar-refractivity contribution in [3.8, 4) is 0 Å². The first kappa shape index (κ1) is 14.5. The summed E-state index contributed by atoms with van der Waals surface area (Å²) >= 11 is 0. The first-order chi connectivity index (χ1) is 11.6. The summed E-state index contributed by atoms with van der Waals surface area (Å²) in [6.07, 6.45) is 10.4. The molecule has 0 bridgehead atoms. The maximum atomic E-state index is 11.3. The summed E-state index contributed by atoms with van der Waals surface area (Å²) in [6.45, 7) is 1.39. The molecule has 1 aromatic carbocycles. The molecule has 4 nitrogen and oxygen atoms in total. The second-order valence-electron chi connectivity index (χ2n) is 7.08. The average molecular weight is 324 g/mol. The maximum absolute atomic E-state index is 11.3. The average Bonchev–Trinajstić information content (AvgIpc) is 2.96. The Bertz CT molecular complexity index is 902. The highest BCUT2D eigenvalue weighted by atomic mass is 16.7. The van der Waals surface area contributed by atoms with E-state index in [9.17, 15) is 10.2 Å². The molecule has 2 fully saturated rings. The van der Waals surface area contributed by atoms with E-state index in [0.717, 1.165) is 46.4 Å². The third-order valence-electron chi connectivity index (χ3n) is 5.66. The van der Waals surface area contributed by atoms with Gasteiger partial charge in [-0.15, -0.1) is 0 Å². The lowest BCUT2D eigenvalue weighted by Crippen LogP contribution is -2.53. The quantitative estimate of drug-likeness (QED) is 0.761. The van der Waals surface area contributed by atoms with Gasteiger partial charge < -0.3 is 19.7 Å². The van der Waals surface area contributed by atoms with Gasteiger partial charge >= 0.3 is 0 Å². The minimum Gasteiger partial charge on any atom is -0.507 e. The fourth-order valence-electron chi connectivity index (χ4n) is 4.48. The second kappa shape index (κ2) is 4.82. The van der Waals surface area contributed by atoms with E-state index >= 15 is 0 Å². The number of benzene rings is 1. The fourth-order valence-corrected chi connectivity index (χ4v) is 4.48. The molecule has 4 heteroatoms. The summed E-state index contributed by atoms with van der Waals surface area (Å²) in [5.74, 6) is -0.347. The molecule has 1 saturated carbocycles. The third kappa shape index (κ3) is 1.91. The van der Waals surface area contributed by atoms with Crippen molar-refractivity contribution in [1.82, 2.24) is 0 Å². The van der Waals surface area contributed by atoms with Crippen molar-refractivity contribution < 1.29 is 19.7 Å². The van der Waals surface area contributed by atoms with Crippen LogP contribution >= 0.6 is 0 Å². The summed E-state index contributed by atoms with van der Waals surface area (Å²) in [4.78, 5) is 0. The predicted octanol–water partition coefficient (Wildman–Crippen LogP) is 1.61. The Morgan fingerprint density at radius 1 is 0.958 bits per heavy atom. The summed E-state index contributed by atoms with van der Waals surface area (Å²) in [7, 11) is 0. The molecule has 1 aliphatic heterocycles. The van der Waals surface area contributed by atoms with Crippen LogP contribution in [-0.4, -0.2) is 34.8 Å². The highest BCUT2D eigenvalue weighted by molar-refractivity contribution is 5.81. The molecule has 0 amide bonds. The van der Waals surface area contributed by atoms with Crippen molar-refractivity contribution in [1.29, 1.82) is 0 Å². The van der Waals surface area contributed by atoms with Gasteiger partial charge in [0.15, 0.2) is 5.79 Å². The molecular weight excluding hydrogens is 304 g/mol. The fraction of sp³-hybridized carbons (Fsp3) is 0.400. The lowest BCUT2D eigenvalue weighted by atomic mass is 9.72. The molecular formula is C20H20O4. The summed E-state index contributed by atoms with van der Waals surface area (Å²) in [6, 6.07) is 3.95. The smallest absolute Gasteiger partial charge is 0.171 e. The van der Waals surface area contributed by atoms with Gasteiger partial charge in [0.1, 0.15) is 11.4 Å². The van der Waals surface area contributed by atoms with E-state index in [1.165, 1.54) is 0 Å². The van der Waals surface area contributed by atoms with E-state index < -0.39 is 11.4 Å². The molecule has 0 aromatic heterocycles. The van der Waals surface area contributed by atoms with Crippen LogP contribution in [0.1, 0.15) is 36.8 Å². The van der Waals surface area contributed by atoms with Gasteiger partial charge in [-0.1, -0.05) is 18.2 Å². The van der Waals surface area contributed by atoms with Crippen molar-refractivity contribution in [3.05, 3.63) is 45.8 Å². The molecule has 3 aliphatic carbocycles. The van der Waals surface area contributed by atoms with Crippen molar-refractivity contribution in [2.45, 2.75) is 37.1 Å². The van der Waals surface area contributed by atoms with Crippen LogP contribution < -0.4 is 10.4 Å². The van der Waals surface area contributed by atoms with Gasteiger partial charge in [-0.2, -0.15) is 0 Å². The molecule has 1 spiro atoms. The highest BCUT2D eigenvalue weighted by Gasteiger charge is 2.49. The van der Waals surface area contributed by atoms with E-state index in [-0.39, 0.29) is 0 Å². The lowest BCUT2D eigenvalue weighted by molar-refractivity contribution is -0.287. The van der Waals surface area contributed by atoms with Gasteiger partial charge in [-0.3, -0.25) is 0 Å². The van der Waals surface area contributed by atoms with Crippen LogP contribution in [0.2, 0.25) is 0 Å². The van der Waals surface area contributed by atoms with Crippen LogP contribution in [0.5, 0.6) is 0 Å². The standard InChI is InChI=1S/C20H20O4/c21-18-5-4-13-14-6-8-19(22)12-20(23-10-1-11-24-20)9-7-17(19)15(14)2-3-16(13)18/h2-6,8,21-22H,1,7,9-12H2. The number of fused-ring (bicyclic) bond motifs is 4. The molecule has 1 saturated heterocycles. The van der Waals surface area contributed by atoms with E-state index in [4.69, 9.17) is 9.47 Å². The Hall–Kier alpha value is -1.88. The monoisotopic (exact) mass is 324 g/mol. The number of aliphatic hydroxyl groups excluding tert-OH is 1. The van der Waals surface area contributed by atoms with Crippen LogP contribution in [0.3, 0.4) is 0 Å². The number of rotatable bonds is 0. The second-order valence-corrected chi connectivity index (χ2v) is 7.08. The molecule has 4 aliphatic rings. The van der Waals surface area contributed by atoms with E-state index in [0.29, 0.717) is 25.4 Å². The Kier molecular flexibility index (Phi) is 2.90. The Balaban J connectivity index is 1.66. The topological polar surface area (TPSA) is 58.9 Å². The normalized spacial score (nSPS) is 29.5.